The summed E-state index contributed by atoms with van der Waals surface area (Å²) >= 11 is 0. The number of carbonyl (C=O) groups is 3. The van der Waals surface area contributed by atoms with Crippen LogP contribution in [-0.2, 0) is 14.4 Å². The van der Waals surface area contributed by atoms with Crippen LogP contribution in [0.15, 0.2) is 0 Å². The van der Waals surface area contributed by atoms with Crippen LogP contribution >= 0.6 is 0 Å². The quantitative estimate of drug-likeness (QED) is 0.244. The summed E-state index contributed by atoms with van der Waals surface area (Å²) < 4.78 is 0. The van der Waals surface area contributed by atoms with Crippen LogP contribution in [0.3, 0.4) is 0 Å². The van der Waals surface area contributed by atoms with Gasteiger partial charge in [-0.3, -0.25) is 19.3 Å². The number of nitrogens with one attached hydrogen (secondary N) is 1. The second-order valence-corrected chi connectivity index (χ2v) is 3.07. The molecule has 0 aromatic heterocycles. The topological polar surface area (TPSA) is 127 Å². The summed E-state index contributed by atoms with van der Waals surface area (Å²) in [5.74, 6) is -3.28. The molecule has 0 bridgehead atoms. The van der Waals surface area contributed by atoms with E-state index >= 15 is 0 Å². The summed E-state index contributed by atoms with van der Waals surface area (Å²) in [5, 5.41) is 27.8. The van der Waals surface area contributed by atoms with Crippen molar-refractivity contribution in [1.82, 2.24) is 10.2 Å². The van der Waals surface area contributed by atoms with Gasteiger partial charge in [0.1, 0.15) is 0 Å². The van der Waals surface area contributed by atoms with Gasteiger partial charge in [0, 0.05) is 13.1 Å². The van der Waals surface area contributed by atoms with Crippen LogP contribution in [0, 0.1) is 0 Å². The third-order valence-electron chi connectivity index (χ3n) is 1.60. The number of hydrogen-bond acceptors (Lipinski definition) is 5. The molecule has 0 aliphatic rings. The monoisotopic (exact) mass is 303 g/mol. The van der Waals surface area contributed by atoms with Gasteiger partial charge in [0.15, 0.2) is 0 Å². The Morgan fingerprint density at radius 2 is 1.26 bits per heavy atom. The fourth-order valence-corrected chi connectivity index (χ4v) is 1.03. The van der Waals surface area contributed by atoms with Gasteiger partial charge in [-0.05, 0) is 0 Å². The Morgan fingerprint density at radius 1 is 0.842 bits per heavy atom. The van der Waals surface area contributed by atoms with Gasteiger partial charge in [-0.25, -0.2) is 0 Å². The number of carboxylic acid groups (broad SMARTS) is 3. The molecule has 11 heteroatoms. The van der Waals surface area contributed by atoms with Crippen LogP contribution < -0.4 is 94.0 Å². The van der Waals surface area contributed by atoms with E-state index in [1.807, 2.05) is 0 Å². The Balaban J connectivity index is -0.000000375. The molecule has 0 heterocycles. The van der Waals surface area contributed by atoms with Crippen molar-refractivity contribution in [1.29, 1.82) is 0 Å². The number of nitrogens with zero attached hydrogens (tertiary/aromatic N) is 1. The van der Waals surface area contributed by atoms with E-state index in [4.69, 9.17) is 15.3 Å². The molecule has 92 valence electrons. The molecule has 0 saturated carbocycles. The second kappa shape index (κ2) is 17.4. The molecule has 0 radical (unpaired) electrons. The third-order valence-corrected chi connectivity index (χ3v) is 1.60. The molecule has 4 N–H and O–H groups in total. The van der Waals surface area contributed by atoms with Gasteiger partial charge in [-0.2, -0.15) is 0 Å². The molecular weight excluding hydrogens is 289 g/mol. The Kier molecular flexibility index (Phi) is 26.1. The molecular formula is C8H14N2Na3O6+3. The van der Waals surface area contributed by atoms with Crippen molar-refractivity contribution >= 4 is 17.9 Å². The summed E-state index contributed by atoms with van der Waals surface area (Å²) in [5.41, 5.74) is 0. The van der Waals surface area contributed by atoms with Crippen LogP contribution in [0.5, 0.6) is 0 Å². The van der Waals surface area contributed by atoms with Crippen molar-refractivity contribution in [3.05, 3.63) is 0 Å². The molecule has 0 atom stereocenters. The van der Waals surface area contributed by atoms with E-state index in [2.05, 4.69) is 5.32 Å². The molecule has 0 saturated heterocycles. The maximum Gasteiger partial charge on any atom is 1.00 e. The van der Waals surface area contributed by atoms with Gasteiger partial charge in [0.25, 0.3) is 0 Å². The number of aliphatic carboxylic acids is 3. The Morgan fingerprint density at radius 3 is 1.58 bits per heavy atom. The van der Waals surface area contributed by atoms with Crippen molar-refractivity contribution < 1.29 is 118 Å². The van der Waals surface area contributed by atoms with E-state index in [-0.39, 0.29) is 121 Å². The van der Waals surface area contributed by atoms with Crippen LogP contribution in [0.25, 0.3) is 0 Å². The van der Waals surface area contributed by atoms with Crippen LogP contribution in [0.1, 0.15) is 0 Å². The molecule has 0 amide bonds. The summed E-state index contributed by atoms with van der Waals surface area (Å²) in [6.45, 7) is -0.644. The van der Waals surface area contributed by atoms with Gasteiger partial charge in [-0.1, -0.05) is 0 Å². The zero-order chi connectivity index (χ0) is 12.6. The van der Waals surface area contributed by atoms with Crippen molar-refractivity contribution in [3.8, 4) is 0 Å². The van der Waals surface area contributed by atoms with Gasteiger partial charge in [-0.15, -0.1) is 0 Å². The van der Waals surface area contributed by atoms with Crippen LogP contribution in [0.2, 0.25) is 0 Å². The fraction of sp³-hybridized carbons (Fsp3) is 0.625. The molecule has 0 fully saturated rings. The van der Waals surface area contributed by atoms with Gasteiger partial charge in [0.2, 0.25) is 0 Å². The predicted molar refractivity (Wildman–Crippen MR) is 52.2 cm³/mol. The van der Waals surface area contributed by atoms with Crippen LogP contribution in [-0.4, -0.2) is 70.9 Å². The molecule has 0 aliphatic heterocycles. The standard InChI is InChI=1S/C8H14N2O6.3Na/c11-6(12)3-9-1-2-10(4-7(13)14)5-8(15)16;;;/h9H,1-5H2,(H,11,12)(H,13,14)(H,15,16);;;/q;3*+1. The van der Waals surface area contributed by atoms with E-state index in [0.29, 0.717) is 0 Å². The van der Waals surface area contributed by atoms with E-state index in [0.717, 1.165) is 0 Å². The van der Waals surface area contributed by atoms with E-state index < -0.39 is 17.9 Å². The largest absolute Gasteiger partial charge is 1.00 e. The van der Waals surface area contributed by atoms with Gasteiger partial charge in [0.05, 0.1) is 19.6 Å². The third kappa shape index (κ3) is 21.8. The molecule has 0 aromatic rings. The molecule has 0 aliphatic carbocycles. The summed E-state index contributed by atoms with van der Waals surface area (Å²) in [7, 11) is 0. The SMILES string of the molecule is O=C(O)CNCCN(CC(=O)O)CC(=O)O.[Na+].[Na+].[Na+]. The van der Waals surface area contributed by atoms with E-state index in [1.165, 1.54) is 4.90 Å². The van der Waals surface area contributed by atoms with Crippen molar-refractivity contribution in [3.63, 3.8) is 0 Å². The number of rotatable bonds is 9. The van der Waals surface area contributed by atoms with Crippen molar-refractivity contribution in [2.45, 2.75) is 0 Å². The number of hydrogen-bond donors (Lipinski definition) is 4. The van der Waals surface area contributed by atoms with Crippen LogP contribution in [0.4, 0.5) is 0 Å². The van der Waals surface area contributed by atoms with E-state index in [1.54, 1.807) is 0 Å². The van der Waals surface area contributed by atoms with Crippen molar-refractivity contribution in [2.75, 3.05) is 32.7 Å². The van der Waals surface area contributed by atoms with Gasteiger partial charge >= 0.3 is 107 Å². The summed E-state index contributed by atoms with van der Waals surface area (Å²) in [4.78, 5) is 32.1. The Bertz CT molecular complexity index is 263. The minimum atomic E-state index is -1.13. The summed E-state index contributed by atoms with van der Waals surface area (Å²) in [6.07, 6.45) is 0. The smallest absolute Gasteiger partial charge is 0.480 e. The molecule has 0 aromatic carbocycles. The molecule has 0 spiro atoms. The minimum Gasteiger partial charge on any atom is -0.480 e. The second-order valence-electron chi connectivity index (χ2n) is 3.07. The normalized spacial score (nSPS) is 8.68. The fourth-order valence-electron chi connectivity index (χ4n) is 1.03. The van der Waals surface area contributed by atoms with Crippen molar-refractivity contribution in [2.24, 2.45) is 0 Å². The van der Waals surface area contributed by atoms with E-state index in [9.17, 15) is 14.4 Å². The Hall–Kier alpha value is 1.33. The molecule has 19 heavy (non-hydrogen) atoms. The summed E-state index contributed by atoms with van der Waals surface area (Å²) in [6, 6.07) is 0. The minimum absolute atomic E-state index is 0. The van der Waals surface area contributed by atoms with Gasteiger partial charge < -0.3 is 20.6 Å². The molecule has 0 unspecified atom stereocenters. The maximum absolute atomic E-state index is 10.4. The average molecular weight is 303 g/mol. The maximum atomic E-state index is 10.4. The first-order valence-corrected chi connectivity index (χ1v) is 4.50. The molecule has 8 nitrogen and oxygen atoms in total. The Labute approximate surface area is 177 Å². The zero-order valence-corrected chi connectivity index (χ0v) is 17.5. The molecule has 0 rings (SSSR count). The zero-order valence-electron chi connectivity index (χ0n) is 11.5. The first-order valence-electron chi connectivity index (χ1n) is 4.50. The first-order chi connectivity index (χ1) is 7.41. The number of carboxylic acids is 3. The average Bonchev–Trinajstić information content (AvgIpc) is 2.09. The first kappa shape index (κ1) is 28.5. The predicted octanol–water partition coefficient (Wildman–Crippen LogP) is -10.9.